The van der Waals surface area contributed by atoms with Gasteiger partial charge in [0.15, 0.2) is 0 Å². The Balaban J connectivity index is 3.23. The molecule has 0 rings (SSSR count). The topological polar surface area (TPSA) is 55.1 Å². The molecule has 0 aliphatic heterocycles. The Hall–Kier alpha value is -0.570. The van der Waals surface area contributed by atoms with Gasteiger partial charge in [0.25, 0.3) is 0 Å². The summed E-state index contributed by atoms with van der Waals surface area (Å²) in [5.74, 6) is 0.225. The SMILES string of the molecule is CCCCCCCCCCCCCCCC(=O)NC(C)CCCCN. The van der Waals surface area contributed by atoms with E-state index in [2.05, 4.69) is 19.2 Å². The van der Waals surface area contributed by atoms with E-state index >= 15 is 0 Å². The molecular formula is C22H46N2O. The second kappa shape index (κ2) is 19.8. The first kappa shape index (κ1) is 24.4. The summed E-state index contributed by atoms with van der Waals surface area (Å²) in [6, 6.07) is 0.293. The highest BCUT2D eigenvalue weighted by Gasteiger charge is 2.06. The van der Waals surface area contributed by atoms with Crippen LogP contribution in [0.3, 0.4) is 0 Å². The zero-order valence-corrected chi connectivity index (χ0v) is 17.3. The molecule has 0 aromatic heterocycles. The first-order chi connectivity index (χ1) is 12.2. The molecule has 1 unspecified atom stereocenters. The molecule has 1 amide bonds. The fourth-order valence-electron chi connectivity index (χ4n) is 3.32. The molecule has 150 valence electrons. The molecule has 3 heteroatoms. The number of carbonyl (C=O) groups excluding carboxylic acids is 1. The average Bonchev–Trinajstić information content (AvgIpc) is 2.59. The van der Waals surface area contributed by atoms with Gasteiger partial charge in [-0.2, -0.15) is 0 Å². The number of carbonyl (C=O) groups is 1. The molecular weight excluding hydrogens is 308 g/mol. The third kappa shape index (κ3) is 19.6. The Kier molecular flexibility index (Phi) is 19.3. The Morgan fingerprint density at radius 1 is 0.760 bits per heavy atom. The summed E-state index contributed by atoms with van der Waals surface area (Å²) in [7, 11) is 0. The van der Waals surface area contributed by atoms with Crippen LogP contribution in [0.15, 0.2) is 0 Å². The zero-order valence-electron chi connectivity index (χ0n) is 17.3. The molecule has 0 saturated carbocycles. The summed E-state index contributed by atoms with van der Waals surface area (Å²) in [5, 5.41) is 3.10. The van der Waals surface area contributed by atoms with Gasteiger partial charge in [-0.3, -0.25) is 4.79 Å². The molecule has 0 fully saturated rings. The summed E-state index contributed by atoms with van der Waals surface area (Å²) in [5.41, 5.74) is 5.49. The van der Waals surface area contributed by atoms with E-state index in [1.165, 1.54) is 77.0 Å². The van der Waals surface area contributed by atoms with E-state index in [1.54, 1.807) is 0 Å². The minimum Gasteiger partial charge on any atom is -0.354 e. The lowest BCUT2D eigenvalue weighted by atomic mass is 10.0. The molecule has 25 heavy (non-hydrogen) atoms. The van der Waals surface area contributed by atoms with Crippen molar-refractivity contribution in [2.45, 2.75) is 129 Å². The minimum atomic E-state index is 0.225. The normalized spacial score (nSPS) is 12.3. The molecule has 1 atom stereocenters. The summed E-state index contributed by atoms with van der Waals surface area (Å²) >= 11 is 0. The molecule has 0 bridgehead atoms. The van der Waals surface area contributed by atoms with Crippen LogP contribution in [-0.4, -0.2) is 18.5 Å². The van der Waals surface area contributed by atoms with E-state index in [0.717, 1.165) is 32.2 Å². The molecule has 0 radical (unpaired) electrons. The third-order valence-electron chi connectivity index (χ3n) is 5.01. The van der Waals surface area contributed by atoms with Gasteiger partial charge in [-0.1, -0.05) is 90.4 Å². The van der Waals surface area contributed by atoms with Crippen molar-refractivity contribution in [1.82, 2.24) is 5.32 Å². The van der Waals surface area contributed by atoms with Crippen molar-refractivity contribution in [2.24, 2.45) is 5.73 Å². The maximum Gasteiger partial charge on any atom is 0.220 e. The van der Waals surface area contributed by atoms with E-state index in [1.807, 2.05) is 0 Å². The number of hydrogen-bond acceptors (Lipinski definition) is 2. The number of nitrogens with one attached hydrogen (secondary N) is 1. The van der Waals surface area contributed by atoms with Gasteiger partial charge < -0.3 is 11.1 Å². The van der Waals surface area contributed by atoms with Crippen molar-refractivity contribution >= 4 is 5.91 Å². The van der Waals surface area contributed by atoms with E-state index in [9.17, 15) is 4.79 Å². The zero-order chi connectivity index (χ0) is 18.6. The highest BCUT2D eigenvalue weighted by atomic mass is 16.1. The lowest BCUT2D eigenvalue weighted by Gasteiger charge is -2.13. The molecule has 0 saturated heterocycles. The van der Waals surface area contributed by atoms with E-state index in [4.69, 9.17) is 5.73 Å². The summed E-state index contributed by atoms with van der Waals surface area (Å²) < 4.78 is 0. The quantitative estimate of drug-likeness (QED) is 0.275. The van der Waals surface area contributed by atoms with Gasteiger partial charge >= 0.3 is 0 Å². The van der Waals surface area contributed by atoms with Crippen LogP contribution < -0.4 is 11.1 Å². The fraction of sp³-hybridized carbons (Fsp3) is 0.955. The van der Waals surface area contributed by atoms with Crippen molar-refractivity contribution in [3.05, 3.63) is 0 Å². The Bertz CT molecular complexity index is 281. The molecule has 0 aromatic carbocycles. The number of nitrogens with two attached hydrogens (primary N) is 1. The smallest absolute Gasteiger partial charge is 0.220 e. The van der Waals surface area contributed by atoms with Crippen LogP contribution >= 0.6 is 0 Å². The standard InChI is InChI=1S/C22H46N2O/c1-3-4-5-6-7-8-9-10-11-12-13-14-15-19-22(25)24-21(2)18-16-17-20-23/h21H,3-20,23H2,1-2H3,(H,24,25). The second-order valence-electron chi connectivity index (χ2n) is 7.75. The van der Waals surface area contributed by atoms with Crippen molar-refractivity contribution in [3.63, 3.8) is 0 Å². The molecule has 3 N–H and O–H groups in total. The van der Waals surface area contributed by atoms with Crippen LogP contribution in [-0.2, 0) is 4.79 Å². The maximum atomic E-state index is 11.9. The number of hydrogen-bond donors (Lipinski definition) is 2. The fourth-order valence-corrected chi connectivity index (χ4v) is 3.32. The number of rotatable bonds is 19. The van der Waals surface area contributed by atoms with Gasteiger partial charge in [0.1, 0.15) is 0 Å². The van der Waals surface area contributed by atoms with E-state index in [0.29, 0.717) is 12.5 Å². The molecule has 0 spiro atoms. The first-order valence-corrected chi connectivity index (χ1v) is 11.2. The van der Waals surface area contributed by atoms with Crippen LogP contribution in [0.1, 0.15) is 123 Å². The maximum absolute atomic E-state index is 11.9. The van der Waals surface area contributed by atoms with Crippen molar-refractivity contribution in [1.29, 1.82) is 0 Å². The lowest BCUT2D eigenvalue weighted by molar-refractivity contribution is -0.121. The van der Waals surface area contributed by atoms with E-state index in [-0.39, 0.29) is 5.91 Å². The molecule has 0 heterocycles. The van der Waals surface area contributed by atoms with Crippen LogP contribution in [0.2, 0.25) is 0 Å². The summed E-state index contributed by atoms with van der Waals surface area (Å²) in [6.45, 7) is 5.12. The summed E-state index contributed by atoms with van der Waals surface area (Å²) in [4.78, 5) is 11.9. The largest absolute Gasteiger partial charge is 0.354 e. The van der Waals surface area contributed by atoms with Gasteiger partial charge in [-0.25, -0.2) is 0 Å². The van der Waals surface area contributed by atoms with Crippen LogP contribution in [0.25, 0.3) is 0 Å². The predicted molar refractivity (Wildman–Crippen MR) is 111 cm³/mol. The highest BCUT2D eigenvalue weighted by Crippen LogP contribution is 2.13. The number of unbranched alkanes of at least 4 members (excludes halogenated alkanes) is 13. The van der Waals surface area contributed by atoms with Gasteiger partial charge in [-0.05, 0) is 32.7 Å². The Labute approximate surface area is 157 Å². The molecule has 0 aromatic rings. The average molecular weight is 355 g/mol. The van der Waals surface area contributed by atoms with Crippen LogP contribution in [0, 0.1) is 0 Å². The highest BCUT2D eigenvalue weighted by molar-refractivity contribution is 5.76. The Morgan fingerprint density at radius 2 is 1.24 bits per heavy atom. The first-order valence-electron chi connectivity index (χ1n) is 11.2. The van der Waals surface area contributed by atoms with Crippen molar-refractivity contribution in [2.75, 3.05) is 6.54 Å². The van der Waals surface area contributed by atoms with Gasteiger partial charge in [0.05, 0.1) is 0 Å². The molecule has 0 aliphatic rings. The number of amides is 1. The van der Waals surface area contributed by atoms with Crippen molar-refractivity contribution < 1.29 is 4.79 Å². The second-order valence-corrected chi connectivity index (χ2v) is 7.75. The predicted octanol–water partition coefficient (Wildman–Crippen LogP) is 6.10. The molecule has 3 nitrogen and oxygen atoms in total. The molecule has 0 aliphatic carbocycles. The third-order valence-corrected chi connectivity index (χ3v) is 5.01. The monoisotopic (exact) mass is 354 g/mol. The van der Waals surface area contributed by atoms with Crippen LogP contribution in [0.4, 0.5) is 0 Å². The van der Waals surface area contributed by atoms with Crippen LogP contribution in [0.5, 0.6) is 0 Å². The van der Waals surface area contributed by atoms with Gasteiger partial charge in [0.2, 0.25) is 5.91 Å². The van der Waals surface area contributed by atoms with E-state index < -0.39 is 0 Å². The summed E-state index contributed by atoms with van der Waals surface area (Å²) in [6.07, 6.45) is 21.4. The van der Waals surface area contributed by atoms with Crippen molar-refractivity contribution in [3.8, 4) is 0 Å². The van der Waals surface area contributed by atoms with Gasteiger partial charge in [-0.15, -0.1) is 0 Å². The minimum absolute atomic E-state index is 0.225. The lowest BCUT2D eigenvalue weighted by Crippen LogP contribution is -2.32. The Morgan fingerprint density at radius 3 is 1.72 bits per heavy atom. The van der Waals surface area contributed by atoms with Gasteiger partial charge in [0, 0.05) is 12.5 Å².